The summed E-state index contributed by atoms with van der Waals surface area (Å²) in [5, 5.41) is 0. The Bertz CT molecular complexity index is 413. The maximum absolute atomic E-state index is 4.15. The lowest BCUT2D eigenvalue weighted by Gasteiger charge is -2.27. The molecule has 1 heteroatoms. The first-order chi connectivity index (χ1) is 7.27. The van der Waals surface area contributed by atoms with Crippen molar-refractivity contribution in [3.63, 3.8) is 0 Å². The van der Waals surface area contributed by atoms with Crippen molar-refractivity contribution in [3.8, 4) is 0 Å². The molecule has 1 nitrogen and oxygen atoms in total. The van der Waals surface area contributed by atoms with Gasteiger partial charge >= 0.3 is 0 Å². The molecular weight excluding hydrogens is 182 g/mol. The Balaban J connectivity index is 1.85. The summed E-state index contributed by atoms with van der Waals surface area (Å²) in [6.07, 6.45) is 9.85. The Hall–Kier alpha value is -0.850. The van der Waals surface area contributed by atoms with Gasteiger partial charge in [0.2, 0.25) is 0 Å². The van der Waals surface area contributed by atoms with Crippen LogP contribution in [0.1, 0.15) is 38.2 Å². The molecule has 0 spiro atoms. The zero-order chi connectivity index (χ0) is 10.1. The highest BCUT2D eigenvalue weighted by atomic mass is 14.8. The molecule has 1 heterocycles. The van der Waals surface area contributed by atoms with E-state index in [1.165, 1.54) is 25.7 Å². The molecule has 3 saturated carbocycles. The van der Waals surface area contributed by atoms with Gasteiger partial charge < -0.3 is 0 Å². The molecule has 0 saturated heterocycles. The molecule has 78 valence electrons. The van der Waals surface area contributed by atoms with E-state index in [1.54, 1.807) is 5.56 Å². The smallest absolute Gasteiger partial charge is 0.0270 e. The highest BCUT2D eigenvalue weighted by Crippen LogP contribution is 2.82. The van der Waals surface area contributed by atoms with E-state index in [0.717, 1.165) is 11.8 Å². The van der Waals surface area contributed by atoms with Gasteiger partial charge in [-0.25, -0.2) is 0 Å². The van der Waals surface area contributed by atoms with Crippen LogP contribution in [-0.2, 0) is 5.41 Å². The molecule has 3 fully saturated rings. The second-order valence-corrected chi connectivity index (χ2v) is 6.01. The summed E-state index contributed by atoms with van der Waals surface area (Å²) in [6.45, 7) is 2.53. The SMILES string of the molecule is CC12CC1(c1ccncc1)C1CCC2C1. The normalized spacial score (nSPS) is 50.5. The van der Waals surface area contributed by atoms with Crippen molar-refractivity contribution in [1.29, 1.82) is 0 Å². The molecule has 0 aromatic carbocycles. The van der Waals surface area contributed by atoms with Crippen LogP contribution in [0.15, 0.2) is 24.5 Å². The molecule has 15 heavy (non-hydrogen) atoms. The minimum atomic E-state index is 0.568. The molecule has 3 aliphatic carbocycles. The second-order valence-electron chi connectivity index (χ2n) is 6.01. The fourth-order valence-electron chi connectivity index (χ4n) is 4.98. The van der Waals surface area contributed by atoms with Crippen LogP contribution in [0.5, 0.6) is 0 Å². The van der Waals surface area contributed by atoms with Crippen LogP contribution in [0.4, 0.5) is 0 Å². The van der Waals surface area contributed by atoms with E-state index >= 15 is 0 Å². The van der Waals surface area contributed by atoms with Crippen molar-refractivity contribution in [2.24, 2.45) is 17.3 Å². The third kappa shape index (κ3) is 0.735. The quantitative estimate of drug-likeness (QED) is 0.677. The van der Waals surface area contributed by atoms with E-state index < -0.39 is 0 Å². The van der Waals surface area contributed by atoms with Crippen LogP contribution in [0.2, 0.25) is 0 Å². The molecule has 4 atom stereocenters. The van der Waals surface area contributed by atoms with Gasteiger partial charge in [-0.3, -0.25) is 4.98 Å². The first-order valence-corrected chi connectivity index (χ1v) is 6.18. The first-order valence-electron chi connectivity index (χ1n) is 6.18. The molecule has 0 amide bonds. The summed E-state index contributed by atoms with van der Waals surface area (Å²) in [5.74, 6) is 2.01. The number of rotatable bonds is 1. The van der Waals surface area contributed by atoms with Crippen molar-refractivity contribution in [3.05, 3.63) is 30.1 Å². The number of fused-ring (bicyclic) bond motifs is 5. The Morgan fingerprint density at radius 3 is 2.60 bits per heavy atom. The zero-order valence-electron chi connectivity index (χ0n) is 9.24. The average Bonchev–Trinajstić information content (AvgIpc) is 2.64. The molecule has 0 N–H and O–H groups in total. The number of pyridine rings is 1. The molecular formula is C14H17N. The van der Waals surface area contributed by atoms with Crippen LogP contribution in [0, 0.1) is 17.3 Å². The molecule has 0 radical (unpaired) electrons. The van der Waals surface area contributed by atoms with Gasteiger partial charge in [0.1, 0.15) is 0 Å². The number of hydrogen-bond donors (Lipinski definition) is 0. The molecule has 3 aliphatic rings. The summed E-state index contributed by atoms with van der Waals surface area (Å²) in [4.78, 5) is 4.15. The highest BCUT2D eigenvalue weighted by molar-refractivity contribution is 5.43. The van der Waals surface area contributed by atoms with Crippen molar-refractivity contribution in [1.82, 2.24) is 4.98 Å². The fourth-order valence-corrected chi connectivity index (χ4v) is 4.98. The van der Waals surface area contributed by atoms with Crippen LogP contribution < -0.4 is 0 Å². The second kappa shape index (κ2) is 2.28. The molecule has 4 unspecified atom stereocenters. The number of nitrogens with zero attached hydrogens (tertiary/aromatic N) is 1. The van der Waals surface area contributed by atoms with E-state index in [9.17, 15) is 0 Å². The molecule has 2 bridgehead atoms. The zero-order valence-corrected chi connectivity index (χ0v) is 9.24. The Morgan fingerprint density at radius 2 is 1.93 bits per heavy atom. The molecule has 0 aliphatic heterocycles. The van der Waals surface area contributed by atoms with Gasteiger partial charge in [-0.05, 0) is 60.6 Å². The molecule has 1 aromatic heterocycles. The summed E-state index contributed by atoms with van der Waals surface area (Å²) in [7, 11) is 0. The monoisotopic (exact) mass is 199 g/mol. The predicted molar refractivity (Wildman–Crippen MR) is 59.5 cm³/mol. The van der Waals surface area contributed by atoms with E-state index in [4.69, 9.17) is 0 Å². The van der Waals surface area contributed by atoms with Crippen molar-refractivity contribution in [2.75, 3.05) is 0 Å². The van der Waals surface area contributed by atoms with E-state index in [0.29, 0.717) is 10.8 Å². The van der Waals surface area contributed by atoms with Crippen molar-refractivity contribution in [2.45, 2.75) is 38.0 Å². The summed E-state index contributed by atoms with van der Waals surface area (Å²) < 4.78 is 0. The fraction of sp³-hybridized carbons (Fsp3) is 0.643. The maximum Gasteiger partial charge on any atom is 0.0270 e. The van der Waals surface area contributed by atoms with Gasteiger partial charge in [-0.1, -0.05) is 6.92 Å². The Morgan fingerprint density at radius 1 is 1.20 bits per heavy atom. The standard InChI is InChI=1S/C14H17N/c1-13-9-14(13,10-4-6-15-7-5-10)12-3-2-11(13)8-12/h4-7,11-12H,2-3,8-9H2,1H3. The van der Waals surface area contributed by atoms with Crippen LogP contribution >= 0.6 is 0 Å². The topological polar surface area (TPSA) is 12.9 Å². The summed E-state index contributed by atoms with van der Waals surface area (Å²) in [5.41, 5.74) is 2.79. The van der Waals surface area contributed by atoms with Gasteiger partial charge in [-0.2, -0.15) is 0 Å². The van der Waals surface area contributed by atoms with E-state index in [2.05, 4.69) is 24.0 Å². The van der Waals surface area contributed by atoms with Gasteiger partial charge in [0.15, 0.2) is 0 Å². The van der Waals surface area contributed by atoms with Gasteiger partial charge in [0.25, 0.3) is 0 Å². The van der Waals surface area contributed by atoms with E-state index in [1.807, 2.05) is 12.4 Å². The third-order valence-corrected chi connectivity index (χ3v) is 5.77. The minimum Gasteiger partial charge on any atom is -0.265 e. The number of hydrogen-bond acceptors (Lipinski definition) is 1. The third-order valence-electron chi connectivity index (χ3n) is 5.77. The van der Waals surface area contributed by atoms with Crippen LogP contribution in [0.25, 0.3) is 0 Å². The van der Waals surface area contributed by atoms with Crippen LogP contribution in [0.3, 0.4) is 0 Å². The van der Waals surface area contributed by atoms with Crippen molar-refractivity contribution >= 4 is 0 Å². The number of aromatic nitrogens is 1. The lowest BCUT2D eigenvalue weighted by atomic mass is 9.76. The predicted octanol–water partition coefficient (Wildman–Crippen LogP) is 3.16. The lowest BCUT2D eigenvalue weighted by molar-refractivity contribution is 0.305. The largest absolute Gasteiger partial charge is 0.265 e. The average molecular weight is 199 g/mol. The minimum absolute atomic E-state index is 0.568. The van der Waals surface area contributed by atoms with Gasteiger partial charge in [-0.15, -0.1) is 0 Å². The maximum atomic E-state index is 4.15. The summed E-state index contributed by atoms with van der Waals surface area (Å²) in [6, 6.07) is 4.51. The molecule has 1 aromatic rings. The van der Waals surface area contributed by atoms with Crippen LogP contribution in [-0.4, -0.2) is 4.98 Å². The van der Waals surface area contributed by atoms with Crippen molar-refractivity contribution < 1.29 is 0 Å². The highest BCUT2D eigenvalue weighted by Gasteiger charge is 2.77. The Labute approximate surface area is 90.9 Å². The summed E-state index contributed by atoms with van der Waals surface area (Å²) >= 11 is 0. The molecule has 4 rings (SSSR count). The van der Waals surface area contributed by atoms with Gasteiger partial charge in [0, 0.05) is 17.8 Å². The van der Waals surface area contributed by atoms with Gasteiger partial charge in [0.05, 0.1) is 0 Å². The Kier molecular flexibility index (Phi) is 1.27. The first kappa shape index (κ1) is 8.32. The van der Waals surface area contributed by atoms with E-state index in [-0.39, 0.29) is 0 Å². The lowest BCUT2D eigenvalue weighted by Crippen LogP contribution is -2.23.